The molecule has 0 nitrogen and oxygen atoms in total. The number of rotatable bonds is 4. The third-order valence-electron chi connectivity index (χ3n) is 1.50. The molecule has 0 aromatic heterocycles. The van der Waals surface area contributed by atoms with Crippen LogP contribution in [0.15, 0.2) is 73.4 Å². The zero-order chi connectivity index (χ0) is 14.1. The lowest BCUT2D eigenvalue weighted by molar-refractivity contribution is 1.44. The Morgan fingerprint density at radius 1 is 0.941 bits per heavy atom. The topological polar surface area (TPSA) is 0 Å². The Morgan fingerprint density at radius 3 is 1.71 bits per heavy atom. The second-order valence-corrected chi connectivity index (χ2v) is 2.85. The molecule has 0 aliphatic rings. The second-order valence-electron chi connectivity index (χ2n) is 2.85. The lowest BCUT2D eigenvalue weighted by atomic mass is 10.1. The van der Waals surface area contributed by atoms with Gasteiger partial charge in [-0.15, -0.1) is 6.58 Å². The molecule has 96 valence electrons. The van der Waals surface area contributed by atoms with Crippen LogP contribution in [0.2, 0.25) is 0 Å². The van der Waals surface area contributed by atoms with Crippen molar-refractivity contribution < 1.29 is 0 Å². The third kappa shape index (κ3) is 17.1. The van der Waals surface area contributed by atoms with Gasteiger partial charge in [0, 0.05) is 0 Å². The van der Waals surface area contributed by atoms with Crippen molar-refractivity contribution in [3.05, 3.63) is 73.4 Å². The Morgan fingerprint density at radius 2 is 1.41 bits per heavy atom. The Labute approximate surface area is 108 Å². The average Bonchev–Trinajstić information content (AvgIpc) is 2.34. The highest BCUT2D eigenvalue weighted by molar-refractivity contribution is 5.39. The van der Waals surface area contributed by atoms with Crippen LogP contribution >= 0.6 is 0 Å². The van der Waals surface area contributed by atoms with E-state index in [2.05, 4.69) is 32.7 Å². The van der Waals surface area contributed by atoms with Crippen LogP contribution < -0.4 is 0 Å². The molecule has 0 rings (SSSR count). The SMILES string of the molecule is C=CC.C=C\C=C/C(C=C)=C(C)/C=C\C.CC. The van der Waals surface area contributed by atoms with Gasteiger partial charge in [-0.3, -0.25) is 0 Å². The van der Waals surface area contributed by atoms with E-state index in [1.807, 2.05) is 52.0 Å². The van der Waals surface area contributed by atoms with Crippen molar-refractivity contribution in [2.24, 2.45) is 0 Å². The molecule has 0 aromatic carbocycles. The van der Waals surface area contributed by atoms with Gasteiger partial charge in [-0.05, 0) is 31.9 Å². The fraction of sp³-hybridized carbons (Fsp3) is 0.294. The molecular weight excluding hydrogens is 204 g/mol. The van der Waals surface area contributed by atoms with Gasteiger partial charge < -0.3 is 0 Å². The van der Waals surface area contributed by atoms with Gasteiger partial charge in [0.15, 0.2) is 0 Å². The lowest BCUT2D eigenvalue weighted by Gasteiger charge is -1.96. The average molecular weight is 232 g/mol. The monoisotopic (exact) mass is 232 g/mol. The Hall–Kier alpha value is -1.56. The number of hydrogen-bond donors (Lipinski definition) is 0. The minimum absolute atomic E-state index is 1.13. The molecule has 0 aliphatic carbocycles. The summed E-state index contributed by atoms with van der Waals surface area (Å²) in [5.41, 5.74) is 2.35. The van der Waals surface area contributed by atoms with Gasteiger partial charge in [0.1, 0.15) is 0 Å². The van der Waals surface area contributed by atoms with Crippen LogP contribution in [0.5, 0.6) is 0 Å². The van der Waals surface area contributed by atoms with Crippen molar-refractivity contribution in [2.75, 3.05) is 0 Å². The van der Waals surface area contributed by atoms with Crippen LogP contribution in [-0.4, -0.2) is 0 Å². The minimum atomic E-state index is 1.13. The maximum absolute atomic E-state index is 3.74. The number of allylic oxidation sites excluding steroid dienone is 9. The predicted octanol–water partition coefficient (Wildman–Crippen LogP) is 6.03. The summed E-state index contributed by atoms with van der Waals surface area (Å²) in [6, 6.07) is 0. The van der Waals surface area contributed by atoms with Crippen LogP contribution in [0, 0.1) is 0 Å². The Bertz CT molecular complexity index is 272. The molecule has 0 N–H and O–H groups in total. The molecule has 0 fully saturated rings. The van der Waals surface area contributed by atoms with Gasteiger partial charge in [-0.2, -0.15) is 0 Å². The van der Waals surface area contributed by atoms with E-state index < -0.39 is 0 Å². The van der Waals surface area contributed by atoms with E-state index in [0.717, 1.165) is 5.57 Å². The Balaban J connectivity index is -0.000000337. The van der Waals surface area contributed by atoms with Gasteiger partial charge in [0.25, 0.3) is 0 Å². The molecule has 0 heterocycles. The normalized spacial score (nSPS) is 10.6. The van der Waals surface area contributed by atoms with Gasteiger partial charge >= 0.3 is 0 Å². The maximum Gasteiger partial charge on any atom is -0.0233 e. The fourth-order valence-corrected chi connectivity index (χ4v) is 0.878. The lowest BCUT2D eigenvalue weighted by Crippen LogP contribution is -1.76. The van der Waals surface area contributed by atoms with Crippen molar-refractivity contribution in [1.82, 2.24) is 0 Å². The quantitative estimate of drug-likeness (QED) is 0.410. The standard InChI is InChI=1S/C12H16.C3H6.C2H6/c1-5-8-10-12(7-3)11(4)9-6-2;1-3-2;1-2/h5-10H,1,3H2,2,4H3;3H,1H2,2H3;1-2H3/b9-6-,10-8-,12-11+;;. The summed E-state index contributed by atoms with van der Waals surface area (Å²) < 4.78 is 0. The first-order valence-corrected chi connectivity index (χ1v) is 6.00. The molecule has 0 spiro atoms. The Kier molecular flexibility index (Phi) is 24.4. The van der Waals surface area contributed by atoms with Gasteiger partial charge in [0.2, 0.25) is 0 Å². The van der Waals surface area contributed by atoms with E-state index in [-0.39, 0.29) is 0 Å². The molecule has 0 radical (unpaired) electrons. The molecule has 0 atom stereocenters. The molecule has 0 aliphatic heterocycles. The van der Waals surface area contributed by atoms with Crippen LogP contribution in [0.1, 0.15) is 34.6 Å². The first-order chi connectivity index (χ1) is 8.17. The highest BCUT2D eigenvalue weighted by Gasteiger charge is 1.88. The van der Waals surface area contributed by atoms with Gasteiger partial charge in [-0.25, -0.2) is 0 Å². The van der Waals surface area contributed by atoms with Crippen molar-refractivity contribution in [2.45, 2.75) is 34.6 Å². The molecule has 0 bridgehead atoms. The summed E-state index contributed by atoms with van der Waals surface area (Å²) in [6.45, 7) is 20.7. The van der Waals surface area contributed by atoms with E-state index in [0.29, 0.717) is 0 Å². The highest BCUT2D eigenvalue weighted by Crippen LogP contribution is 2.08. The zero-order valence-corrected chi connectivity index (χ0v) is 12.2. The largest absolute Gasteiger partial charge is 0.103 e. The van der Waals surface area contributed by atoms with Crippen molar-refractivity contribution in [1.29, 1.82) is 0 Å². The van der Waals surface area contributed by atoms with Crippen LogP contribution in [-0.2, 0) is 0 Å². The molecule has 0 saturated heterocycles. The maximum atomic E-state index is 3.74. The predicted molar refractivity (Wildman–Crippen MR) is 84.3 cm³/mol. The molecule has 0 aromatic rings. The molecular formula is C17H28. The van der Waals surface area contributed by atoms with Crippen molar-refractivity contribution in [3.63, 3.8) is 0 Å². The summed E-state index contributed by atoms with van der Waals surface area (Å²) in [4.78, 5) is 0. The summed E-state index contributed by atoms with van der Waals surface area (Å²) in [5.74, 6) is 0. The summed E-state index contributed by atoms with van der Waals surface area (Å²) in [5, 5.41) is 0. The minimum Gasteiger partial charge on any atom is -0.103 e. The van der Waals surface area contributed by atoms with E-state index in [4.69, 9.17) is 0 Å². The van der Waals surface area contributed by atoms with E-state index >= 15 is 0 Å². The third-order valence-corrected chi connectivity index (χ3v) is 1.50. The smallest absolute Gasteiger partial charge is 0.0233 e. The molecule has 0 heteroatoms. The molecule has 0 saturated carbocycles. The summed E-state index contributed by atoms with van der Waals surface area (Å²) >= 11 is 0. The first kappa shape index (κ1) is 20.8. The fourth-order valence-electron chi connectivity index (χ4n) is 0.878. The van der Waals surface area contributed by atoms with Crippen LogP contribution in [0.3, 0.4) is 0 Å². The zero-order valence-electron chi connectivity index (χ0n) is 12.2. The van der Waals surface area contributed by atoms with Crippen molar-refractivity contribution in [3.8, 4) is 0 Å². The summed E-state index contributed by atoms with van der Waals surface area (Å²) in [7, 11) is 0. The van der Waals surface area contributed by atoms with Gasteiger partial charge in [0.05, 0.1) is 0 Å². The highest BCUT2D eigenvalue weighted by atomic mass is 13.9. The van der Waals surface area contributed by atoms with Crippen LogP contribution in [0.4, 0.5) is 0 Å². The number of hydrogen-bond acceptors (Lipinski definition) is 0. The van der Waals surface area contributed by atoms with E-state index in [9.17, 15) is 0 Å². The molecule has 0 amide bonds. The summed E-state index contributed by atoms with van der Waals surface area (Å²) in [6.07, 6.45) is 13.3. The van der Waals surface area contributed by atoms with E-state index in [1.165, 1.54) is 5.57 Å². The molecule has 0 unspecified atom stereocenters. The van der Waals surface area contributed by atoms with Gasteiger partial charge in [-0.1, -0.05) is 69.5 Å². The second kappa shape index (κ2) is 19.9. The van der Waals surface area contributed by atoms with Crippen LogP contribution in [0.25, 0.3) is 0 Å². The first-order valence-electron chi connectivity index (χ1n) is 6.00. The van der Waals surface area contributed by atoms with Crippen molar-refractivity contribution >= 4 is 0 Å². The molecule has 17 heavy (non-hydrogen) atoms. The van der Waals surface area contributed by atoms with E-state index in [1.54, 1.807) is 12.2 Å².